The van der Waals surface area contributed by atoms with E-state index in [-0.39, 0.29) is 11.5 Å². The average Bonchev–Trinajstić information content (AvgIpc) is 2.15. The second kappa shape index (κ2) is 5.17. The van der Waals surface area contributed by atoms with Crippen LogP contribution in [0.4, 0.5) is 0 Å². The monoisotopic (exact) mass is 227 g/mol. The van der Waals surface area contributed by atoms with Gasteiger partial charge in [-0.1, -0.05) is 34.1 Å². The fourth-order valence-electron chi connectivity index (χ4n) is 2.71. The lowest BCUT2D eigenvalue weighted by molar-refractivity contribution is -0.151. The number of nitrogens with zero attached hydrogens (tertiary/aromatic N) is 1. The largest absolute Gasteiger partial charge is 0.480 e. The molecule has 0 spiro atoms. The van der Waals surface area contributed by atoms with Crippen LogP contribution in [0.5, 0.6) is 0 Å². The molecule has 1 aliphatic heterocycles. The summed E-state index contributed by atoms with van der Waals surface area (Å²) in [4.78, 5) is 13.6. The van der Waals surface area contributed by atoms with Crippen molar-refractivity contribution in [3.8, 4) is 0 Å². The van der Waals surface area contributed by atoms with Gasteiger partial charge < -0.3 is 5.11 Å². The molecule has 94 valence electrons. The minimum absolute atomic E-state index is 0.0997. The lowest BCUT2D eigenvalue weighted by Crippen LogP contribution is -2.55. The van der Waals surface area contributed by atoms with Gasteiger partial charge in [-0.15, -0.1) is 0 Å². The molecule has 0 bridgehead atoms. The molecule has 16 heavy (non-hydrogen) atoms. The Kier molecular flexibility index (Phi) is 4.36. The van der Waals surface area contributed by atoms with Gasteiger partial charge in [0.15, 0.2) is 0 Å². The number of carboxylic acid groups (broad SMARTS) is 1. The lowest BCUT2D eigenvalue weighted by atomic mass is 9.76. The molecule has 3 nitrogen and oxygen atoms in total. The van der Waals surface area contributed by atoms with Crippen LogP contribution in [0.15, 0.2) is 0 Å². The maximum Gasteiger partial charge on any atom is 0.321 e. The molecule has 0 aromatic heterocycles. The first-order valence-corrected chi connectivity index (χ1v) is 6.35. The van der Waals surface area contributed by atoms with Crippen molar-refractivity contribution in [3.63, 3.8) is 0 Å². The number of carboxylic acids is 1. The average molecular weight is 227 g/mol. The third-order valence-electron chi connectivity index (χ3n) is 3.85. The molecule has 1 heterocycles. The van der Waals surface area contributed by atoms with Crippen molar-refractivity contribution >= 4 is 5.97 Å². The first-order valence-electron chi connectivity index (χ1n) is 6.35. The van der Waals surface area contributed by atoms with E-state index in [4.69, 9.17) is 0 Å². The summed E-state index contributed by atoms with van der Waals surface area (Å²) in [5.74, 6) is -0.0799. The van der Waals surface area contributed by atoms with E-state index in [0.29, 0.717) is 5.92 Å². The van der Waals surface area contributed by atoms with Gasteiger partial charge in [-0.2, -0.15) is 0 Å². The molecule has 0 aliphatic carbocycles. The number of rotatable bonds is 4. The molecular weight excluding hydrogens is 202 g/mol. The van der Waals surface area contributed by atoms with Crippen LogP contribution >= 0.6 is 0 Å². The summed E-state index contributed by atoms with van der Waals surface area (Å²) in [7, 11) is 0. The van der Waals surface area contributed by atoms with Crippen LogP contribution in [0.25, 0.3) is 0 Å². The van der Waals surface area contributed by atoms with Crippen molar-refractivity contribution in [2.45, 2.75) is 53.0 Å². The number of likely N-dealkylation sites (tertiary alicyclic amines) is 1. The molecule has 1 saturated heterocycles. The molecule has 0 amide bonds. The molecule has 0 aromatic rings. The van der Waals surface area contributed by atoms with Gasteiger partial charge in [0.2, 0.25) is 0 Å². The normalized spacial score (nSPS) is 27.6. The summed E-state index contributed by atoms with van der Waals surface area (Å²) in [5, 5.41) is 9.39. The molecule has 0 saturated carbocycles. The van der Waals surface area contributed by atoms with Crippen LogP contribution in [0.3, 0.4) is 0 Å². The maximum absolute atomic E-state index is 11.4. The third-order valence-corrected chi connectivity index (χ3v) is 3.85. The number of hydrogen-bond acceptors (Lipinski definition) is 2. The SMILES string of the molecule is CCC(C)CN1CCCC(C)(C)C1C(=O)O. The zero-order valence-electron chi connectivity index (χ0n) is 11.0. The Hall–Kier alpha value is -0.570. The van der Waals surface area contributed by atoms with Crippen molar-refractivity contribution in [3.05, 3.63) is 0 Å². The van der Waals surface area contributed by atoms with E-state index in [9.17, 15) is 9.90 Å². The van der Waals surface area contributed by atoms with Crippen LogP contribution in [0.2, 0.25) is 0 Å². The fraction of sp³-hybridized carbons (Fsp3) is 0.923. The van der Waals surface area contributed by atoms with Crippen molar-refractivity contribution in [1.29, 1.82) is 0 Å². The number of piperidine rings is 1. The highest BCUT2D eigenvalue weighted by molar-refractivity contribution is 5.74. The summed E-state index contributed by atoms with van der Waals surface area (Å²) in [6.45, 7) is 10.4. The summed E-state index contributed by atoms with van der Waals surface area (Å²) in [6, 6.07) is -0.310. The molecule has 3 heteroatoms. The van der Waals surface area contributed by atoms with Gasteiger partial charge in [0, 0.05) is 6.54 Å². The predicted molar refractivity (Wildman–Crippen MR) is 65.5 cm³/mol. The number of carbonyl (C=O) groups is 1. The predicted octanol–water partition coefficient (Wildman–Crippen LogP) is 2.61. The fourth-order valence-corrected chi connectivity index (χ4v) is 2.71. The second-order valence-corrected chi connectivity index (χ2v) is 5.84. The van der Waals surface area contributed by atoms with Crippen molar-refractivity contribution in [1.82, 2.24) is 4.90 Å². The van der Waals surface area contributed by atoms with Crippen molar-refractivity contribution < 1.29 is 9.90 Å². The van der Waals surface area contributed by atoms with Crippen LogP contribution < -0.4 is 0 Å². The van der Waals surface area contributed by atoms with Crippen LogP contribution in [0.1, 0.15) is 47.0 Å². The van der Waals surface area contributed by atoms with Gasteiger partial charge in [-0.3, -0.25) is 9.69 Å². The van der Waals surface area contributed by atoms with E-state index in [1.807, 2.05) is 0 Å². The van der Waals surface area contributed by atoms with Crippen LogP contribution in [-0.4, -0.2) is 35.1 Å². The lowest BCUT2D eigenvalue weighted by Gasteiger charge is -2.44. The van der Waals surface area contributed by atoms with Crippen molar-refractivity contribution in [2.75, 3.05) is 13.1 Å². The second-order valence-electron chi connectivity index (χ2n) is 5.84. The van der Waals surface area contributed by atoms with Gasteiger partial charge in [0.05, 0.1) is 0 Å². The molecule has 0 aromatic carbocycles. The highest BCUT2D eigenvalue weighted by Crippen LogP contribution is 2.35. The minimum Gasteiger partial charge on any atom is -0.480 e. The summed E-state index contributed by atoms with van der Waals surface area (Å²) in [5.41, 5.74) is -0.0997. The highest BCUT2D eigenvalue weighted by Gasteiger charge is 2.42. The van der Waals surface area contributed by atoms with E-state index in [1.54, 1.807) is 0 Å². The highest BCUT2D eigenvalue weighted by atomic mass is 16.4. The number of hydrogen-bond donors (Lipinski definition) is 1. The van der Waals surface area contributed by atoms with Crippen LogP contribution in [0, 0.1) is 11.3 Å². The van der Waals surface area contributed by atoms with Gasteiger partial charge in [-0.05, 0) is 30.7 Å². The Balaban J connectivity index is 2.77. The summed E-state index contributed by atoms with van der Waals surface area (Å²) in [6.07, 6.45) is 3.25. The van der Waals surface area contributed by atoms with Gasteiger partial charge >= 0.3 is 5.97 Å². The Bertz CT molecular complexity index is 250. The molecule has 1 rings (SSSR count). The third kappa shape index (κ3) is 2.97. The van der Waals surface area contributed by atoms with E-state index < -0.39 is 5.97 Å². The summed E-state index contributed by atoms with van der Waals surface area (Å²) < 4.78 is 0. The van der Waals surface area contributed by atoms with Crippen LogP contribution in [-0.2, 0) is 4.79 Å². The topological polar surface area (TPSA) is 40.5 Å². The van der Waals surface area contributed by atoms with Gasteiger partial charge in [-0.25, -0.2) is 0 Å². The van der Waals surface area contributed by atoms with E-state index in [2.05, 4.69) is 32.6 Å². The van der Waals surface area contributed by atoms with E-state index in [1.165, 1.54) is 0 Å². The number of aliphatic carboxylic acids is 1. The van der Waals surface area contributed by atoms with Crippen molar-refractivity contribution in [2.24, 2.45) is 11.3 Å². The van der Waals surface area contributed by atoms with E-state index >= 15 is 0 Å². The maximum atomic E-state index is 11.4. The van der Waals surface area contributed by atoms with E-state index in [0.717, 1.165) is 32.4 Å². The first kappa shape index (κ1) is 13.5. The van der Waals surface area contributed by atoms with Gasteiger partial charge in [0.25, 0.3) is 0 Å². The first-order chi connectivity index (χ1) is 7.38. The Morgan fingerprint density at radius 1 is 1.56 bits per heavy atom. The zero-order chi connectivity index (χ0) is 12.3. The Morgan fingerprint density at radius 2 is 2.19 bits per heavy atom. The molecule has 2 atom stereocenters. The molecule has 0 radical (unpaired) electrons. The minimum atomic E-state index is -0.659. The Labute approximate surface area is 98.8 Å². The quantitative estimate of drug-likeness (QED) is 0.802. The Morgan fingerprint density at radius 3 is 2.69 bits per heavy atom. The molecule has 1 aliphatic rings. The smallest absolute Gasteiger partial charge is 0.321 e. The zero-order valence-corrected chi connectivity index (χ0v) is 11.0. The standard InChI is InChI=1S/C13H25NO2/c1-5-10(2)9-14-8-6-7-13(3,4)11(14)12(15)16/h10-11H,5-9H2,1-4H3,(H,15,16). The molecular formula is C13H25NO2. The molecule has 2 unspecified atom stereocenters. The molecule has 1 fully saturated rings. The van der Waals surface area contributed by atoms with Gasteiger partial charge in [0.1, 0.15) is 6.04 Å². The molecule has 1 N–H and O–H groups in total. The summed E-state index contributed by atoms with van der Waals surface area (Å²) >= 11 is 0.